The van der Waals surface area contributed by atoms with Gasteiger partial charge in [-0.3, -0.25) is 4.55 Å². The van der Waals surface area contributed by atoms with E-state index in [0.717, 1.165) is 12.2 Å². The SMILES string of the molecule is CCC(c1ccccc1)c1nccn1C.O=S(=O)(O)C(F)(F)F. The first kappa shape index (κ1) is 19.2. The van der Waals surface area contributed by atoms with Crippen LogP contribution in [0.3, 0.4) is 0 Å². The van der Waals surface area contributed by atoms with Crippen molar-refractivity contribution in [3.8, 4) is 0 Å². The summed E-state index contributed by atoms with van der Waals surface area (Å²) in [5.41, 5.74) is -4.19. The van der Waals surface area contributed by atoms with E-state index in [0.29, 0.717) is 5.92 Å². The van der Waals surface area contributed by atoms with Gasteiger partial charge in [0.25, 0.3) is 0 Å². The fourth-order valence-electron chi connectivity index (χ4n) is 1.97. The Morgan fingerprint density at radius 2 is 1.78 bits per heavy atom. The van der Waals surface area contributed by atoms with Crippen LogP contribution in [0.25, 0.3) is 0 Å². The highest BCUT2D eigenvalue weighted by Crippen LogP contribution is 2.25. The molecule has 2 aromatic rings. The molecule has 5 nitrogen and oxygen atoms in total. The van der Waals surface area contributed by atoms with E-state index in [9.17, 15) is 13.2 Å². The molecule has 0 saturated carbocycles. The highest BCUT2D eigenvalue weighted by atomic mass is 32.2. The topological polar surface area (TPSA) is 72.2 Å². The van der Waals surface area contributed by atoms with Crippen molar-refractivity contribution in [2.75, 3.05) is 0 Å². The van der Waals surface area contributed by atoms with Crippen LogP contribution in [-0.4, -0.2) is 28.0 Å². The first-order valence-corrected chi connectivity index (χ1v) is 8.07. The lowest BCUT2D eigenvalue weighted by Crippen LogP contribution is -2.21. The number of aryl methyl sites for hydroxylation is 1. The second-order valence-corrected chi connectivity index (χ2v) is 6.10. The maximum atomic E-state index is 10.7. The minimum Gasteiger partial charge on any atom is -0.337 e. The molecule has 0 bridgehead atoms. The molecule has 0 spiro atoms. The van der Waals surface area contributed by atoms with Gasteiger partial charge in [0, 0.05) is 25.4 Å². The van der Waals surface area contributed by atoms with Crippen LogP contribution in [-0.2, 0) is 17.2 Å². The quantitative estimate of drug-likeness (QED) is 0.681. The van der Waals surface area contributed by atoms with Gasteiger partial charge < -0.3 is 4.57 Å². The second-order valence-electron chi connectivity index (χ2n) is 4.69. The van der Waals surface area contributed by atoms with Crippen LogP contribution < -0.4 is 0 Å². The van der Waals surface area contributed by atoms with Gasteiger partial charge in [-0.1, -0.05) is 37.3 Å². The van der Waals surface area contributed by atoms with Crippen LogP contribution in [0.2, 0.25) is 0 Å². The van der Waals surface area contributed by atoms with Crippen molar-refractivity contribution in [3.63, 3.8) is 0 Å². The molecule has 0 amide bonds. The summed E-state index contributed by atoms with van der Waals surface area (Å²) in [5.74, 6) is 1.55. The maximum absolute atomic E-state index is 10.7. The molecule has 1 heterocycles. The first-order chi connectivity index (χ1) is 10.6. The van der Waals surface area contributed by atoms with Gasteiger partial charge in [0.1, 0.15) is 5.82 Å². The molecule has 0 aliphatic heterocycles. The molecular weight excluding hydrogens is 333 g/mol. The molecule has 1 aromatic carbocycles. The number of nitrogens with zero attached hydrogens (tertiary/aromatic N) is 2. The molecule has 0 aliphatic rings. The molecule has 0 radical (unpaired) electrons. The van der Waals surface area contributed by atoms with Crippen LogP contribution in [0.15, 0.2) is 42.7 Å². The number of hydrogen-bond acceptors (Lipinski definition) is 3. The Labute approximate surface area is 132 Å². The fraction of sp³-hybridized carbons (Fsp3) is 0.357. The van der Waals surface area contributed by atoms with Crippen LogP contribution in [0.5, 0.6) is 0 Å². The Balaban J connectivity index is 0.000000284. The number of alkyl halides is 3. The fourth-order valence-corrected chi connectivity index (χ4v) is 1.97. The van der Waals surface area contributed by atoms with Gasteiger partial charge in [-0.25, -0.2) is 4.98 Å². The summed E-state index contributed by atoms with van der Waals surface area (Å²) in [6.45, 7) is 2.20. The van der Waals surface area contributed by atoms with Gasteiger partial charge in [-0.15, -0.1) is 0 Å². The van der Waals surface area contributed by atoms with Crippen LogP contribution in [0.4, 0.5) is 13.2 Å². The van der Waals surface area contributed by atoms with Gasteiger partial charge >= 0.3 is 15.6 Å². The van der Waals surface area contributed by atoms with Gasteiger partial charge in [-0.2, -0.15) is 21.6 Å². The molecule has 128 valence electrons. The minimum absolute atomic E-state index is 0.409. The van der Waals surface area contributed by atoms with E-state index in [4.69, 9.17) is 13.0 Å². The number of imidazole rings is 1. The van der Waals surface area contributed by atoms with Crippen LogP contribution in [0.1, 0.15) is 30.7 Å². The normalized spacial score (nSPS) is 13.1. The largest absolute Gasteiger partial charge is 0.522 e. The number of benzene rings is 1. The summed E-state index contributed by atoms with van der Waals surface area (Å²) in [4.78, 5) is 4.43. The molecule has 2 rings (SSSR count). The molecule has 23 heavy (non-hydrogen) atoms. The van der Waals surface area contributed by atoms with Gasteiger partial charge in [0.05, 0.1) is 0 Å². The summed E-state index contributed by atoms with van der Waals surface area (Å²) in [7, 11) is -3.79. The third kappa shape index (κ3) is 5.36. The average Bonchev–Trinajstić information content (AvgIpc) is 2.86. The molecule has 1 N–H and O–H groups in total. The molecule has 1 atom stereocenters. The van der Waals surface area contributed by atoms with Crippen LogP contribution in [0, 0.1) is 0 Å². The van der Waals surface area contributed by atoms with Gasteiger partial charge in [0.15, 0.2) is 0 Å². The van der Waals surface area contributed by atoms with E-state index < -0.39 is 15.6 Å². The van der Waals surface area contributed by atoms with Gasteiger partial charge in [0.2, 0.25) is 0 Å². The molecule has 1 aromatic heterocycles. The predicted molar refractivity (Wildman–Crippen MR) is 79.4 cm³/mol. The molecule has 1 unspecified atom stereocenters. The predicted octanol–water partition coefficient (Wildman–Crippen LogP) is 3.36. The molecule has 0 fully saturated rings. The summed E-state index contributed by atoms with van der Waals surface area (Å²) in [5, 5.41) is 0. The van der Waals surface area contributed by atoms with E-state index in [1.54, 1.807) is 0 Å². The molecular formula is C14H17F3N2O3S. The Hall–Kier alpha value is -1.87. The second kappa shape index (κ2) is 7.60. The maximum Gasteiger partial charge on any atom is 0.522 e. The Morgan fingerprint density at radius 3 is 2.13 bits per heavy atom. The third-order valence-electron chi connectivity index (χ3n) is 3.07. The lowest BCUT2D eigenvalue weighted by molar-refractivity contribution is -0.0510. The summed E-state index contributed by atoms with van der Waals surface area (Å²) >= 11 is 0. The minimum atomic E-state index is -5.84. The zero-order valence-corrected chi connectivity index (χ0v) is 13.3. The summed E-state index contributed by atoms with van der Waals surface area (Å²) < 4.78 is 59.6. The van der Waals surface area contributed by atoms with Crippen molar-refractivity contribution in [1.82, 2.24) is 9.55 Å². The van der Waals surface area contributed by atoms with Crippen molar-refractivity contribution in [3.05, 3.63) is 54.1 Å². The monoisotopic (exact) mass is 350 g/mol. The average molecular weight is 350 g/mol. The number of rotatable bonds is 3. The Kier molecular flexibility index (Phi) is 6.34. The van der Waals surface area contributed by atoms with E-state index in [2.05, 4.69) is 46.8 Å². The van der Waals surface area contributed by atoms with Crippen molar-refractivity contribution in [2.45, 2.75) is 24.8 Å². The summed E-state index contributed by atoms with van der Waals surface area (Å²) in [6, 6.07) is 10.6. The van der Waals surface area contributed by atoms with Crippen molar-refractivity contribution >= 4 is 10.1 Å². The van der Waals surface area contributed by atoms with Crippen molar-refractivity contribution in [1.29, 1.82) is 0 Å². The first-order valence-electron chi connectivity index (χ1n) is 6.63. The lowest BCUT2D eigenvalue weighted by Gasteiger charge is -2.14. The Bertz CT molecular complexity index is 712. The molecule has 0 aliphatic carbocycles. The lowest BCUT2D eigenvalue weighted by atomic mass is 9.96. The van der Waals surface area contributed by atoms with Gasteiger partial charge in [-0.05, 0) is 12.0 Å². The van der Waals surface area contributed by atoms with E-state index in [1.807, 2.05) is 19.4 Å². The third-order valence-corrected chi connectivity index (χ3v) is 3.66. The number of halogens is 3. The highest BCUT2D eigenvalue weighted by Gasteiger charge is 2.44. The van der Waals surface area contributed by atoms with Crippen molar-refractivity contribution < 1.29 is 26.1 Å². The Morgan fingerprint density at radius 1 is 1.26 bits per heavy atom. The number of aromatic nitrogens is 2. The standard InChI is InChI=1S/C13H16N2.CHF3O3S/c1-3-12(11-7-5-4-6-8-11)13-14-9-10-15(13)2;2-1(3,4)8(5,6)7/h4-10,12H,3H2,1-2H3;(H,5,6,7). The smallest absolute Gasteiger partial charge is 0.337 e. The highest BCUT2D eigenvalue weighted by molar-refractivity contribution is 7.86. The zero-order chi connectivity index (χ0) is 17.7. The number of hydrogen-bond donors (Lipinski definition) is 1. The van der Waals surface area contributed by atoms with E-state index >= 15 is 0 Å². The van der Waals surface area contributed by atoms with Crippen molar-refractivity contribution in [2.24, 2.45) is 7.05 Å². The summed E-state index contributed by atoms with van der Waals surface area (Å²) in [6.07, 6.45) is 4.94. The molecule has 9 heteroatoms. The van der Waals surface area contributed by atoms with E-state index in [1.165, 1.54) is 5.56 Å². The van der Waals surface area contributed by atoms with E-state index in [-0.39, 0.29) is 0 Å². The molecule has 0 saturated heterocycles. The van der Waals surface area contributed by atoms with Crippen LogP contribution >= 0.6 is 0 Å². The zero-order valence-electron chi connectivity index (χ0n) is 12.5.